The maximum absolute atomic E-state index is 5.39. The van der Waals surface area contributed by atoms with Gasteiger partial charge in [-0.15, -0.1) is 0 Å². The Hall–Kier alpha value is -1.12. The van der Waals surface area contributed by atoms with Crippen LogP contribution < -0.4 is 5.73 Å². The predicted octanol–water partition coefficient (Wildman–Crippen LogP) is 0.968. The fourth-order valence-electron chi connectivity index (χ4n) is 0.507. The van der Waals surface area contributed by atoms with E-state index in [1.807, 2.05) is 6.92 Å². The quantitative estimate of drug-likeness (QED) is 0.449. The van der Waals surface area contributed by atoms with Crippen LogP contribution in [0.15, 0.2) is 21.8 Å². The summed E-state index contributed by atoms with van der Waals surface area (Å²) in [6.07, 6.45) is 1.69. The smallest absolute Gasteiger partial charge is 0.148 e. The standard InChI is InChI=1S/C7H13N3/c1-4-10-7(9-3)5-6(2)8/h5H,3-4,8H2,1-2H3. The third kappa shape index (κ3) is 3.83. The number of amidine groups is 1. The Balaban J connectivity index is 4.23. The molecule has 0 bridgehead atoms. The monoisotopic (exact) mass is 139 g/mol. The number of nitrogens with zero attached hydrogens (tertiary/aromatic N) is 2. The molecule has 0 amide bonds. The summed E-state index contributed by atoms with van der Waals surface area (Å²) >= 11 is 0. The first-order valence-electron chi connectivity index (χ1n) is 3.15. The first kappa shape index (κ1) is 8.88. The average molecular weight is 139 g/mol. The molecule has 0 saturated heterocycles. The summed E-state index contributed by atoms with van der Waals surface area (Å²) in [7, 11) is 0. The van der Waals surface area contributed by atoms with Gasteiger partial charge in [0.25, 0.3) is 0 Å². The van der Waals surface area contributed by atoms with Crippen molar-refractivity contribution in [1.82, 2.24) is 0 Å². The van der Waals surface area contributed by atoms with E-state index in [-0.39, 0.29) is 0 Å². The van der Waals surface area contributed by atoms with Crippen LogP contribution in [-0.4, -0.2) is 19.1 Å². The zero-order chi connectivity index (χ0) is 7.98. The zero-order valence-corrected chi connectivity index (χ0v) is 6.46. The molecule has 0 rings (SSSR count). The molecule has 0 aromatic carbocycles. The molecule has 0 spiro atoms. The minimum absolute atomic E-state index is 0.600. The molecular formula is C7H13N3. The Kier molecular flexibility index (Phi) is 4.20. The van der Waals surface area contributed by atoms with Gasteiger partial charge in [-0.3, -0.25) is 4.99 Å². The highest BCUT2D eigenvalue weighted by Crippen LogP contribution is 1.86. The molecule has 0 aromatic rings. The summed E-state index contributed by atoms with van der Waals surface area (Å²) < 4.78 is 0. The lowest BCUT2D eigenvalue weighted by Crippen LogP contribution is -1.96. The number of hydrogen-bond donors (Lipinski definition) is 1. The summed E-state index contributed by atoms with van der Waals surface area (Å²) in [5, 5.41) is 0. The molecule has 56 valence electrons. The van der Waals surface area contributed by atoms with Gasteiger partial charge in [-0.1, -0.05) is 0 Å². The van der Waals surface area contributed by atoms with E-state index < -0.39 is 0 Å². The molecule has 2 N–H and O–H groups in total. The number of nitrogens with two attached hydrogens (primary N) is 1. The molecule has 10 heavy (non-hydrogen) atoms. The van der Waals surface area contributed by atoms with Crippen LogP contribution in [-0.2, 0) is 0 Å². The Morgan fingerprint density at radius 2 is 2.30 bits per heavy atom. The number of hydrogen-bond acceptors (Lipinski definition) is 2. The highest BCUT2D eigenvalue weighted by atomic mass is 14.9. The third-order valence-electron chi connectivity index (χ3n) is 0.839. The molecule has 0 aliphatic carbocycles. The van der Waals surface area contributed by atoms with Gasteiger partial charge in [0.1, 0.15) is 5.84 Å². The summed E-state index contributed by atoms with van der Waals surface area (Å²) in [6, 6.07) is 0. The molecule has 0 radical (unpaired) electrons. The normalized spacial score (nSPS) is 13.4. The van der Waals surface area contributed by atoms with E-state index in [9.17, 15) is 0 Å². The fourth-order valence-corrected chi connectivity index (χ4v) is 0.507. The lowest BCUT2D eigenvalue weighted by molar-refractivity contribution is 1.12. The second kappa shape index (κ2) is 4.73. The van der Waals surface area contributed by atoms with Crippen LogP contribution in [0.5, 0.6) is 0 Å². The Morgan fingerprint density at radius 1 is 1.70 bits per heavy atom. The number of aliphatic imine (C=N–C) groups is 2. The van der Waals surface area contributed by atoms with Crippen molar-refractivity contribution in [2.24, 2.45) is 15.7 Å². The minimum atomic E-state index is 0.600. The zero-order valence-electron chi connectivity index (χ0n) is 6.46. The SMILES string of the molecule is C=NC(C=C(C)N)=NCC. The fraction of sp³-hybridized carbons (Fsp3) is 0.429. The summed E-state index contributed by atoms with van der Waals surface area (Å²) in [5.41, 5.74) is 6.09. The third-order valence-corrected chi connectivity index (χ3v) is 0.839. The summed E-state index contributed by atoms with van der Waals surface area (Å²) in [4.78, 5) is 7.68. The van der Waals surface area contributed by atoms with E-state index in [4.69, 9.17) is 5.73 Å². The van der Waals surface area contributed by atoms with Gasteiger partial charge in [-0.2, -0.15) is 0 Å². The van der Waals surface area contributed by atoms with Gasteiger partial charge in [-0.25, -0.2) is 4.99 Å². The van der Waals surface area contributed by atoms with Crippen molar-refractivity contribution in [2.45, 2.75) is 13.8 Å². The van der Waals surface area contributed by atoms with Gasteiger partial charge in [-0.05, 0) is 20.6 Å². The number of allylic oxidation sites excluding steroid dienone is 1. The van der Waals surface area contributed by atoms with E-state index in [0.717, 1.165) is 0 Å². The van der Waals surface area contributed by atoms with Gasteiger partial charge in [0.2, 0.25) is 0 Å². The second-order valence-electron chi connectivity index (χ2n) is 1.88. The van der Waals surface area contributed by atoms with Crippen LogP contribution in [0.3, 0.4) is 0 Å². The van der Waals surface area contributed by atoms with Crippen LogP contribution in [0.1, 0.15) is 13.8 Å². The van der Waals surface area contributed by atoms with Crippen molar-refractivity contribution in [2.75, 3.05) is 6.54 Å². The molecule has 0 saturated carbocycles. The summed E-state index contributed by atoms with van der Waals surface area (Å²) in [5.74, 6) is 0.600. The van der Waals surface area contributed by atoms with E-state index in [2.05, 4.69) is 16.7 Å². The molecule has 0 fully saturated rings. The molecule has 0 aromatic heterocycles. The summed E-state index contributed by atoms with van der Waals surface area (Å²) in [6.45, 7) is 7.78. The molecule has 3 heteroatoms. The van der Waals surface area contributed by atoms with Gasteiger partial charge >= 0.3 is 0 Å². The average Bonchev–Trinajstić information content (AvgIpc) is 1.86. The Bertz CT molecular complexity index is 164. The largest absolute Gasteiger partial charge is 0.402 e. The van der Waals surface area contributed by atoms with Crippen LogP contribution in [0.25, 0.3) is 0 Å². The molecular weight excluding hydrogens is 126 g/mol. The highest BCUT2D eigenvalue weighted by Gasteiger charge is 1.86. The topological polar surface area (TPSA) is 50.7 Å². The predicted molar refractivity (Wildman–Crippen MR) is 45.5 cm³/mol. The molecule has 0 heterocycles. The molecule has 0 aliphatic rings. The van der Waals surface area contributed by atoms with Crippen LogP contribution in [0, 0.1) is 0 Å². The minimum Gasteiger partial charge on any atom is -0.402 e. The van der Waals surface area contributed by atoms with E-state index in [1.54, 1.807) is 13.0 Å². The first-order chi connectivity index (χ1) is 4.70. The lowest BCUT2D eigenvalue weighted by atomic mass is 10.4. The molecule has 3 nitrogen and oxygen atoms in total. The van der Waals surface area contributed by atoms with E-state index >= 15 is 0 Å². The van der Waals surface area contributed by atoms with Crippen molar-refractivity contribution in [3.63, 3.8) is 0 Å². The van der Waals surface area contributed by atoms with Gasteiger partial charge in [0, 0.05) is 18.3 Å². The first-order valence-corrected chi connectivity index (χ1v) is 3.15. The maximum Gasteiger partial charge on any atom is 0.148 e. The molecule has 0 atom stereocenters. The maximum atomic E-state index is 5.39. The van der Waals surface area contributed by atoms with Gasteiger partial charge in [0.05, 0.1) is 0 Å². The van der Waals surface area contributed by atoms with Crippen molar-refractivity contribution < 1.29 is 0 Å². The Morgan fingerprint density at radius 3 is 2.60 bits per heavy atom. The van der Waals surface area contributed by atoms with Crippen molar-refractivity contribution in [3.05, 3.63) is 11.8 Å². The van der Waals surface area contributed by atoms with Crippen LogP contribution in [0.4, 0.5) is 0 Å². The van der Waals surface area contributed by atoms with Crippen LogP contribution >= 0.6 is 0 Å². The Labute approximate surface area is 61.4 Å². The van der Waals surface area contributed by atoms with Gasteiger partial charge < -0.3 is 5.73 Å². The van der Waals surface area contributed by atoms with Crippen molar-refractivity contribution >= 4 is 12.6 Å². The van der Waals surface area contributed by atoms with Gasteiger partial charge in [0.15, 0.2) is 0 Å². The number of rotatable bonds is 2. The molecule has 0 unspecified atom stereocenters. The lowest BCUT2D eigenvalue weighted by Gasteiger charge is -1.91. The van der Waals surface area contributed by atoms with Crippen LogP contribution in [0.2, 0.25) is 0 Å². The second-order valence-corrected chi connectivity index (χ2v) is 1.88. The molecule has 0 aliphatic heterocycles. The van der Waals surface area contributed by atoms with E-state index in [0.29, 0.717) is 18.1 Å². The van der Waals surface area contributed by atoms with E-state index in [1.165, 1.54) is 0 Å². The van der Waals surface area contributed by atoms with Crippen molar-refractivity contribution in [1.29, 1.82) is 0 Å². The highest BCUT2D eigenvalue weighted by molar-refractivity contribution is 5.96. The van der Waals surface area contributed by atoms with Crippen molar-refractivity contribution in [3.8, 4) is 0 Å².